The first kappa shape index (κ1) is 17.7. The lowest BCUT2D eigenvalue weighted by molar-refractivity contribution is 0.0693. The Balaban J connectivity index is 2.27. The molecule has 0 aromatic heterocycles. The van der Waals surface area contributed by atoms with Crippen LogP contribution in [0, 0.1) is 0 Å². The van der Waals surface area contributed by atoms with Crippen molar-refractivity contribution in [1.29, 1.82) is 0 Å². The lowest BCUT2D eigenvalue weighted by Crippen LogP contribution is -2.24. The third-order valence-corrected chi connectivity index (χ3v) is 3.88. The normalized spacial score (nSPS) is 10.4. The third-order valence-electron chi connectivity index (χ3n) is 3.88. The number of ketones is 1. The van der Waals surface area contributed by atoms with Gasteiger partial charge in [-0.15, -0.1) is 0 Å². The molecule has 0 unspecified atom stereocenters. The summed E-state index contributed by atoms with van der Waals surface area (Å²) in [6.07, 6.45) is 2.12. The molecule has 0 spiro atoms. The molecule has 0 radical (unpaired) electrons. The Bertz CT molecular complexity index is 701. The number of nitrogens with zero attached hydrogens (tertiary/aromatic N) is 1. The smallest absolute Gasteiger partial charge is 0.336 e. The van der Waals surface area contributed by atoms with Crippen LogP contribution < -0.4 is 4.90 Å². The Morgan fingerprint density at radius 3 is 1.92 bits per heavy atom. The standard InChI is InChI=1S/C20H23NO3/c1-3-13-21(14-4-2)16-11-9-15(10-12-16)19(22)17-7-5-6-8-18(17)20(23)24/h5-12H,3-4,13-14H2,1-2H3,(H,23,24). The van der Waals surface area contributed by atoms with E-state index in [1.54, 1.807) is 30.3 Å². The third kappa shape index (κ3) is 4.02. The van der Waals surface area contributed by atoms with Crippen molar-refractivity contribution in [1.82, 2.24) is 0 Å². The van der Waals surface area contributed by atoms with Gasteiger partial charge in [0.2, 0.25) is 0 Å². The minimum atomic E-state index is -1.09. The summed E-state index contributed by atoms with van der Waals surface area (Å²) >= 11 is 0. The summed E-state index contributed by atoms with van der Waals surface area (Å²) < 4.78 is 0. The molecule has 2 aromatic carbocycles. The van der Waals surface area contributed by atoms with E-state index in [4.69, 9.17) is 0 Å². The summed E-state index contributed by atoms with van der Waals surface area (Å²) in [5.74, 6) is -1.36. The number of benzene rings is 2. The number of carbonyl (C=O) groups is 2. The predicted molar refractivity (Wildman–Crippen MR) is 96.1 cm³/mol. The lowest BCUT2D eigenvalue weighted by atomic mass is 9.98. The SMILES string of the molecule is CCCN(CCC)c1ccc(C(=O)c2ccccc2C(=O)O)cc1. The second-order valence-electron chi connectivity index (χ2n) is 5.71. The zero-order valence-electron chi connectivity index (χ0n) is 14.2. The molecule has 0 heterocycles. The molecule has 0 bridgehead atoms. The van der Waals surface area contributed by atoms with Gasteiger partial charge < -0.3 is 10.0 Å². The van der Waals surface area contributed by atoms with Gasteiger partial charge in [0.05, 0.1) is 5.56 Å². The Hall–Kier alpha value is -2.62. The molecule has 4 heteroatoms. The number of aromatic carboxylic acids is 1. The Morgan fingerprint density at radius 2 is 1.42 bits per heavy atom. The molecule has 0 amide bonds. The average Bonchev–Trinajstić information content (AvgIpc) is 2.61. The summed E-state index contributed by atoms with van der Waals surface area (Å²) in [7, 11) is 0. The van der Waals surface area contributed by atoms with Crippen LogP contribution in [-0.2, 0) is 0 Å². The van der Waals surface area contributed by atoms with Crippen LogP contribution in [0.15, 0.2) is 48.5 Å². The van der Waals surface area contributed by atoms with Crippen molar-refractivity contribution in [2.24, 2.45) is 0 Å². The minimum Gasteiger partial charge on any atom is -0.478 e. The molecule has 0 atom stereocenters. The summed E-state index contributed by atoms with van der Waals surface area (Å²) in [5.41, 5.74) is 1.84. The van der Waals surface area contributed by atoms with Gasteiger partial charge in [-0.2, -0.15) is 0 Å². The number of rotatable bonds is 8. The zero-order chi connectivity index (χ0) is 17.5. The van der Waals surface area contributed by atoms with Crippen molar-refractivity contribution in [3.63, 3.8) is 0 Å². The van der Waals surface area contributed by atoms with Gasteiger partial charge in [-0.25, -0.2) is 4.79 Å². The number of anilines is 1. The summed E-state index contributed by atoms with van der Waals surface area (Å²) in [6.45, 7) is 6.23. The number of hydrogen-bond donors (Lipinski definition) is 1. The molecule has 0 saturated heterocycles. The highest BCUT2D eigenvalue weighted by Crippen LogP contribution is 2.20. The van der Waals surface area contributed by atoms with Crippen LogP contribution in [-0.4, -0.2) is 29.9 Å². The van der Waals surface area contributed by atoms with E-state index in [9.17, 15) is 14.7 Å². The Morgan fingerprint density at radius 1 is 0.875 bits per heavy atom. The van der Waals surface area contributed by atoms with E-state index in [0.717, 1.165) is 31.6 Å². The molecular weight excluding hydrogens is 302 g/mol. The molecule has 0 aliphatic heterocycles. The first-order chi connectivity index (χ1) is 11.6. The van der Waals surface area contributed by atoms with Crippen LogP contribution in [0.3, 0.4) is 0 Å². The van der Waals surface area contributed by atoms with Crippen LogP contribution in [0.4, 0.5) is 5.69 Å². The van der Waals surface area contributed by atoms with Crippen LogP contribution in [0.2, 0.25) is 0 Å². The molecule has 1 N–H and O–H groups in total. The van der Waals surface area contributed by atoms with Gasteiger partial charge in [-0.1, -0.05) is 32.0 Å². The first-order valence-electron chi connectivity index (χ1n) is 8.30. The maximum Gasteiger partial charge on any atom is 0.336 e. The fourth-order valence-corrected chi connectivity index (χ4v) is 2.76. The fourth-order valence-electron chi connectivity index (χ4n) is 2.76. The Labute approximate surface area is 142 Å². The van der Waals surface area contributed by atoms with Crippen molar-refractivity contribution in [3.8, 4) is 0 Å². The van der Waals surface area contributed by atoms with Gasteiger partial charge in [0.25, 0.3) is 0 Å². The molecule has 0 aliphatic carbocycles. The Kier molecular flexibility index (Phi) is 6.13. The second-order valence-corrected chi connectivity index (χ2v) is 5.71. The minimum absolute atomic E-state index is 0.0326. The molecule has 0 aliphatic rings. The van der Waals surface area contributed by atoms with E-state index < -0.39 is 5.97 Å². The van der Waals surface area contributed by atoms with E-state index in [1.807, 2.05) is 12.1 Å². The number of carboxylic acid groups (broad SMARTS) is 1. The van der Waals surface area contributed by atoms with Crippen molar-refractivity contribution in [2.45, 2.75) is 26.7 Å². The monoisotopic (exact) mass is 325 g/mol. The van der Waals surface area contributed by atoms with E-state index in [0.29, 0.717) is 5.56 Å². The highest BCUT2D eigenvalue weighted by Gasteiger charge is 2.17. The maximum atomic E-state index is 12.6. The highest BCUT2D eigenvalue weighted by atomic mass is 16.4. The van der Waals surface area contributed by atoms with Gasteiger partial charge in [-0.3, -0.25) is 4.79 Å². The number of carboxylic acids is 1. The fraction of sp³-hybridized carbons (Fsp3) is 0.300. The molecule has 0 fully saturated rings. The van der Waals surface area contributed by atoms with Crippen LogP contribution in [0.1, 0.15) is 53.0 Å². The van der Waals surface area contributed by atoms with Gasteiger partial charge in [0.15, 0.2) is 5.78 Å². The molecule has 4 nitrogen and oxygen atoms in total. The molecule has 0 saturated carbocycles. The van der Waals surface area contributed by atoms with Gasteiger partial charge in [0.1, 0.15) is 0 Å². The van der Waals surface area contributed by atoms with Gasteiger partial charge in [-0.05, 0) is 43.2 Å². The molecular formula is C20H23NO3. The summed E-state index contributed by atoms with van der Waals surface area (Å²) in [4.78, 5) is 26.2. The quantitative estimate of drug-likeness (QED) is 0.737. The first-order valence-corrected chi connectivity index (χ1v) is 8.30. The van der Waals surface area contributed by atoms with Crippen LogP contribution in [0.5, 0.6) is 0 Å². The van der Waals surface area contributed by atoms with Crippen molar-refractivity contribution < 1.29 is 14.7 Å². The van der Waals surface area contributed by atoms with Crippen molar-refractivity contribution >= 4 is 17.4 Å². The summed E-state index contributed by atoms with van der Waals surface area (Å²) in [5, 5.41) is 9.24. The molecule has 2 rings (SSSR count). The number of hydrogen-bond acceptors (Lipinski definition) is 3. The molecule has 126 valence electrons. The van der Waals surface area contributed by atoms with Crippen molar-refractivity contribution in [3.05, 3.63) is 65.2 Å². The zero-order valence-corrected chi connectivity index (χ0v) is 14.2. The predicted octanol–water partition coefficient (Wildman–Crippen LogP) is 4.24. The van der Waals surface area contributed by atoms with E-state index in [2.05, 4.69) is 18.7 Å². The second kappa shape index (κ2) is 8.29. The topological polar surface area (TPSA) is 57.6 Å². The van der Waals surface area contributed by atoms with Crippen LogP contribution in [0.25, 0.3) is 0 Å². The van der Waals surface area contributed by atoms with E-state index >= 15 is 0 Å². The van der Waals surface area contributed by atoms with Gasteiger partial charge >= 0.3 is 5.97 Å². The van der Waals surface area contributed by atoms with E-state index in [-0.39, 0.29) is 16.9 Å². The summed E-state index contributed by atoms with van der Waals surface area (Å²) in [6, 6.07) is 13.7. The van der Waals surface area contributed by atoms with Gasteiger partial charge in [0, 0.05) is 29.9 Å². The molecule has 2 aromatic rings. The lowest BCUT2D eigenvalue weighted by Gasteiger charge is -2.23. The average molecular weight is 325 g/mol. The van der Waals surface area contributed by atoms with Crippen LogP contribution >= 0.6 is 0 Å². The molecule has 24 heavy (non-hydrogen) atoms. The largest absolute Gasteiger partial charge is 0.478 e. The maximum absolute atomic E-state index is 12.6. The highest BCUT2D eigenvalue weighted by molar-refractivity contribution is 6.14. The van der Waals surface area contributed by atoms with E-state index in [1.165, 1.54) is 6.07 Å². The number of carbonyl (C=O) groups excluding carboxylic acids is 1. The van der Waals surface area contributed by atoms with Crippen molar-refractivity contribution in [2.75, 3.05) is 18.0 Å².